The molecule has 0 amide bonds. The van der Waals surface area contributed by atoms with Crippen LogP contribution in [0.5, 0.6) is 5.75 Å². The molecule has 0 aromatic heterocycles. The maximum absolute atomic E-state index is 10.8. The molecule has 0 aliphatic rings. The van der Waals surface area contributed by atoms with E-state index in [1.807, 2.05) is 30.3 Å². The molecule has 0 saturated carbocycles. The Labute approximate surface area is 193 Å². The molecule has 4 nitrogen and oxygen atoms in total. The van der Waals surface area contributed by atoms with Gasteiger partial charge in [0.05, 0.1) is 18.8 Å². The van der Waals surface area contributed by atoms with Crippen molar-refractivity contribution in [3.63, 3.8) is 0 Å². The minimum absolute atomic E-state index is 0.0852. The average Bonchev–Trinajstić information content (AvgIpc) is 2.84. The van der Waals surface area contributed by atoms with Crippen molar-refractivity contribution < 1.29 is 20.1 Å². The molecule has 0 aliphatic carbocycles. The van der Waals surface area contributed by atoms with E-state index in [0.29, 0.717) is 6.61 Å². The highest BCUT2D eigenvalue weighted by atomic mass is 16.5. The molecule has 0 saturated heterocycles. The number of hydrogen-bond acceptors (Lipinski definition) is 4. The van der Waals surface area contributed by atoms with E-state index in [0.717, 1.165) is 60.1 Å². The van der Waals surface area contributed by atoms with Crippen molar-refractivity contribution >= 4 is 5.57 Å². The fourth-order valence-electron chi connectivity index (χ4n) is 4.14. The van der Waals surface area contributed by atoms with E-state index in [2.05, 4.69) is 45.9 Å². The van der Waals surface area contributed by atoms with Gasteiger partial charge in [-0.1, -0.05) is 64.5 Å². The summed E-state index contributed by atoms with van der Waals surface area (Å²) in [6.07, 6.45) is 6.70. The molecule has 32 heavy (non-hydrogen) atoms. The number of hydrogen-bond donors (Lipinski definition) is 3. The summed E-state index contributed by atoms with van der Waals surface area (Å²) in [6, 6.07) is 13.8. The van der Waals surface area contributed by atoms with Gasteiger partial charge in [0.1, 0.15) is 12.4 Å². The van der Waals surface area contributed by atoms with Gasteiger partial charge in [-0.25, -0.2) is 0 Å². The van der Waals surface area contributed by atoms with Gasteiger partial charge < -0.3 is 20.1 Å². The predicted octanol–water partition coefficient (Wildman–Crippen LogP) is 6.01. The zero-order valence-corrected chi connectivity index (χ0v) is 20.1. The highest BCUT2D eigenvalue weighted by Crippen LogP contribution is 2.31. The summed E-state index contributed by atoms with van der Waals surface area (Å²) in [5.41, 5.74) is 4.24. The summed E-state index contributed by atoms with van der Waals surface area (Å²) < 4.78 is 6.04. The predicted molar refractivity (Wildman–Crippen MR) is 131 cm³/mol. The largest absolute Gasteiger partial charge is 0.489 e. The van der Waals surface area contributed by atoms with E-state index in [1.54, 1.807) is 0 Å². The van der Waals surface area contributed by atoms with Crippen molar-refractivity contribution in [3.8, 4) is 5.75 Å². The normalized spacial score (nSPS) is 13.3. The van der Waals surface area contributed by atoms with Gasteiger partial charge in [0.25, 0.3) is 0 Å². The van der Waals surface area contributed by atoms with Gasteiger partial charge in [-0.3, -0.25) is 0 Å². The topological polar surface area (TPSA) is 69.9 Å². The molecular weight excluding hydrogens is 400 g/mol. The van der Waals surface area contributed by atoms with Crippen molar-refractivity contribution in [2.75, 3.05) is 0 Å². The molecule has 1 unspecified atom stereocenters. The number of ether oxygens (including phenoxy) is 1. The maximum Gasteiger partial charge on any atom is 0.120 e. The Morgan fingerprint density at radius 2 is 1.72 bits per heavy atom. The summed E-state index contributed by atoms with van der Waals surface area (Å²) in [6.45, 7) is 8.63. The number of benzene rings is 2. The molecule has 0 fully saturated rings. The Bertz CT molecular complexity index is 867. The fourth-order valence-corrected chi connectivity index (χ4v) is 4.14. The minimum atomic E-state index is -0.613. The lowest BCUT2D eigenvalue weighted by molar-refractivity contribution is -0.0178. The van der Waals surface area contributed by atoms with E-state index >= 15 is 0 Å². The van der Waals surface area contributed by atoms with Crippen LogP contribution < -0.4 is 4.74 Å². The number of rotatable bonds is 13. The van der Waals surface area contributed by atoms with Crippen LogP contribution in [0, 0.1) is 5.92 Å². The van der Waals surface area contributed by atoms with E-state index < -0.39 is 5.60 Å². The van der Waals surface area contributed by atoms with Crippen molar-refractivity contribution in [1.82, 2.24) is 0 Å². The second kappa shape index (κ2) is 12.8. The third-order valence-electron chi connectivity index (χ3n) is 6.60. The fraction of sp³-hybridized carbons (Fsp3) is 0.500. The van der Waals surface area contributed by atoms with E-state index in [4.69, 9.17) is 4.74 Å². The first-order chi connectivity index (χ1) is 15.4. The van der Waals surface area contributed by atoms with Crippen LogP contribution in [-0.4, -0.2) is 20.9 Å². The Morgan fingerprint density at radius 3 is 2.34 bits per heavy atom. The quantitative estimate of drug-likeness (QED) is 0.357. The number of allylic oxidation sites excluding steroid dienone is 2. The van der Waals surface area contributed by atoms with Crippen LogP contribution >= 0.6 is 0 Å². The average molecular weight is 441 g/mol. The molecule has 0 spiro atoms. The highest BCUT2D eigenvalue weighted by Gasteiger charge is 2.28. The van der Waals surface area contributed by atoms with Crippen molar-refractivity contribution in [3.05, 3.63) is 70.8 Å². The molecule has 4 heteroatoms. The molecule has 176 valence electrons. The van der Waals surface area contributed by atoms with Gasteiger partial charge in [0.2, 0.25) is 0 Å². The molecule has 3 N–H and O–H groups in total. The second-order valence-corrected chi connectivity index (χ2v) is 8.66. The lowest BCUT2D eigenvalue weighted by atomic mass is 9.81. The molecule has 2 aromatic rings. The van der Waals surface area contributed by atoms with Crippen molar-refractivity contribution in [2.45, 2.75) is 85.2 Å². The number of aliphatic hydroxyl groups is 3. The first-order valence-corrected chi connectivity index (χ1v) is 11.9. The summed E-state index contributed by atoms with van der Waals surface area (Å²) in [7, 11) is 0. The standard InChI is InChI=1S/C28H40O4/c1-5-9-23(14-12-21(4)28(31,6-2)7-3)24-10-8-11-27(17-24)32-20-22-13-15-25(18-29)26(16-22)19-30/h8,10-11,13-17,21,29-31H,5-7,9,12,18-20H2,1-4H3. The summed E-state index contributed by atoms with van der Waals surface area (Å²) in [4.78, 5) is 0. The Morgan fingerprint density at radius 1 is 1.00 bits per heavy atom. The minimum Gasteiger partial charge on any atom is -0.489 e. The molecule has 0 aliphatic heterocycles. The van der Waals surface area contributed by atoms with Crippen molar-refractivity contribution in [2.24, 2.45) is 5.92 Å². The maximum atomic E-state index is 10.8. The number of aliphatic hydroxyl groups excluding tert-OH is 2. The van der Waals surface area contributed by atoms with Crippen LogP contribution in [0.2, 0.25) is 0 Å². The SMILES string of the molecule is CCCC(=CCC(C)C(O)(CC)CC)c1cccc(OCc2ccc(CO)c(CO)c2)c1. The van der Waals surface area contributed by atoms with E-state index in [9.17, 15) is 15.3 Å². The van der Waals surface area contributed by atoms with E-state index in [-0.39, 0.29) is 19.1 Å². The van der Waals surface area contributed by atoms with Crippen molar-refractivity contribution in [1.29, 1.82) is 0 Å². The van der Waals surface area contributed by atoms with Crippen LogP contribution in [0.25, 0.3) is 5.57 Å². The Balaban J connectivity index is 2.14. The molecule has 2 rings (SSSR count). The van der Waals surface area contributed by atoms with Crippen LogP contribution in [0.1, 0.15) is 82.1 Å². The summed E-state index contributed by atoms with van der Waals surface area (Å²) in [5, 5.41) is 29.7. The van der Waals surface area contributed by atoms with Crippen LogP contribution in [0.3, 0.4) is 0 Å². The lowest BCUT2D eigenvalue weighted by Crippen LogP contribution is -2.34. The molecule has 0 radical (unpaired) electrons. The second-order valence-electron chi connectivity index (χ2n) is 8.66. The monoisotopic (exact) mass is 440 g/mol. The third kappa shape index (κ3) is 6.93. The van der Waals surface area contributed by atoms with E-state index in [1.165, 1.54) is 5.57 Å². The summed E-state index contributed by atoms with van der Waals surface area (Å²) >= 11 is 0. The smallest absolute Gasteiger partial charge is 0.120 e. The van der Waals surface area contributed by atoms with Crippen LogP contribution in [0.15, 0.2) is 48.5 Å². The molecule has 0 heterocycles. The van der Waals surface area contributed by atoms with Gasteiger partial charge in [0, 0.05) is 0 Å². The Hall–Kier alpha value is -2.14. The van der Waals surface area contributed by atoms with Crippen LogP contribution in [-0.2, 0) is 19.8 Å². The van der Waals surface area contributed by atoms with Gasteiger partial charge in [-0.2, -0.15) is 0 Å². The first kappa shape index (κ1) is 26.1. The Kier molecular flexibility index (Phi) is 10.4. The first-order valence-electron chi connectivity index (χ1n) is 11.9. The third-order valence-corrected chi connectivity index (χ3v) is 6.60. The van der Waals surface area contributed by atoms with Gasteiger partial charge >= 0.3 is 0 Å². The van der Waals surface area contributed by atoms with Gasteiger partial charge in [0.15, 0.2) is 0 Å². The molecule has 0 bridgehead atoms. The molecular formula is C28H40O4. The molecule has 2 aromatic carbocycles. The molecule has 1 atom stereocenters. The zero-order valence-electron chi connectivity index (χ0n) is 20.1. The van der Waals surface area contributed by atoms with Gasteiger partial charge in [-0.05, 0) is 77.6 Å². The highest BCUT2D eigenvalue weighted by molar-refractivity contribution is 5.66. The summed E-state index contributed by atoms with van der Waals surface area (Å²) in [5.74, 6) is 0.999. The zero-order chi connectivity index (χ0) is 23.6. The van der Waals surface area contributed by atoms with Crippen LogP contribution in [0.4, 0.5) is 0 Å². The van der Waals surface area contributed by atoms with Gasteiger partial charge in [-0.15, -0.1) is 0 Å². The lowest BCUT2D eigenvalue weighted by Gasteiger charge is -2.32.